The summed E-state index contributed by atoms with van der Waals surface area (Å²) < 4.78 is 28.7. The highest BCUT2D eigenvalue weighted by molar-refractivity contribution is 6.74. The molecular formula is C34H41BN2O6. The molecule has 8 nitrogen and oxygen atoms in total. The molecule has 0 saturated carbocycles. The van der Waals surface area contributed by atoms with E-state index in [0.717, 1.165) is 45.1 Å². The van der Waals surface area contributed by atoms with Crippen LogP contribution in [0.3, 0.4) is 0 Å². The number of aryl methyl sites for hydroxylation is 2. The summed E-state index contributed by atoms with van der Waals surface area (Å²) in [6.45, 7) is 12.3. The smallest absolute Gasteiger partial charge is 0.433 e. The van der Waals surface area contributed by atoms with Crippen molar-refractivity contribution in [3.63, 3.8) is 0 Å². The summed E-state index contributed by atoms with van der Waals surface area (Å²) >= 11 is 0. The van der Waals surface area contributed by atoms with Crippen LogP contribution in [0.5, 0.6) is 0 Å². The van der Waals surface area contributed by atoms with Crippen molar-refractivity contribution in [2.45, 2.75) is 34.6 Å². The average molecular weight is 585 g/mol. The van der Waals surface area contributed by atoms with E-state index in [1.807, 2.05) is 19.1 Å². The van der Waals surface area contributed by atoms with Gasteiger partial charge in [-0.25, -0.2) is 4.79 Å². The van der Waals surface area contributed by atoms with E-state index in [1.165, 1.54) is 0 Å². The highest BCUT2D eigenvalue weighted by atomic mass is 16.5. The largest absolute Gasteiger partial charge is 0.462 e. The van der Waals surface area contributed by atoms with Gasteiger partial charge in [-0.2, -0.15) is 0 Å². The molecule has 2 aromatic rings. The van der Waals surface area contributed by atoms with Crippen LogP contribution in [0.2, 0.25) is 0 Å². The highest BCUT2D eigenvalue weighted by Gasteiger charge is 2.27. The van der Waals surface area contributed by atoms with Crippen LogP contribution >= 0.6 is 0 Å². The number of carbonyl (C=O) groups is 1. The molecule has 1 aliphatic heterocycles. The standard InChI is InChI=1S/C34H41BN2O6/c1-8-43-34(38)30-13-11-29(12-14-30)31(32-25(2)23-27(4)36-32)33-26(3)24-28(5)37(33)35(15-9-17-41-21-19-39-6)16-10-18-42-22-20-40-7/h11-14,23-24H,8,17-22H2,1-7H3/b32-31-. The molecule has 0 amide bonds. The molecule has 0 saturated heterocycles. The highest BCUT2D eigenvalue weighted by Crippen LogP contribution is 2.37. The molecule has 0 aliphatic carbocycles. The Hall–Kier alpha value is -3.86. The topological polar surface area (TPSA) is 80.5 Å². The molecular weight excluding hydrogens is 543 g/mol. The minimum absolute atomic E-state index is 0.259. The molecule has 3 rings (SSSR count). The Kier molecular flexibility index (Phi) is 13.5. The fraction of sp³-hybridized carbons (Fsp3) is 0.412. The van der Waals surface area contributed by atoms with Crippen LogP contribution in [-0.2, 0) is 23.7 Å². The van der Waals surface area contributed by atoms with Gasteiger partial charge in [0.2, 0.25) is 0 Å². The molecule has 0 atom stereocenters. The predicted octanol–water partition coefficient (Wildman–Crippen LogP) is 4.71. The Morgan fingerprint density at radius 1 is 0.884 bits per heavy atom. The molecule has 1 aliphatic rings. The zero-order valence-electron chi connectivity index (χ0n) is 26.3. The Morgan fingerprint density at radius 3 is 1.98 bits per heavy atom. The van der Waals surface area contributed by atoms with E-state index in [1.54, 1.807) is 33.3 Å². The molecule has 0 radical (unpaired) electrons. The van der Waals surface area contributed by atoms with Crippen LogP contribution in [0.4, 0.5) is 0 Å². The first-order valence-electron chi connectivity index (χ1n) is 14.4. The van der Waals surface area contributed by atoms with E-state index >= 15 is 0 Å². The Morgan fingerprint density at radius 2 is 1.47 bits per heavy atom. The van der Waals surface area contributed by atoms with E-state index in [-0.39, 0.29) is 19.2 Å². The predicted molar refractivity (Wildman–Crippen MR) is 171 cm³/mol. The summed E-state index contributed by atoms with van der Waals surface area (Å²) in [5.41, 5.74) is 8.22. The summed E-state index contributed by atoms with van der Waals surface area (Å²) in [6, 6.07) is 9.60. The van der Waals surface area contributed by atoms with Crippen molar-refractivity contribution in [2.75, 3.05) is 60.5 Å². The second-order valence-corrected chi connectivity index (χ2v) is 9.92. The van der Waals surface area contributed by atoms with Gasteiger partial charge >= 0.3 is 12.8 Å². The van der Waals surface area contributed by atoms with E-state index in [4.69, 9.17) is 28.7 Å². The van der Waals surface area contributed by atoms with Gasteiger partial charge in [0.25, 0.3) is 0 Å². The van der Waals surface area contributed by atoms with Gasteiger partial charge in [-0.3, -0.25) is 4.99 Å². The summed E-state index contributed by atoms with van der Waals surface area (Å²) in [5, 5.41) is 0. The molecule has 1 aromatic heterocycles. The fourth-order valence-electron chi connectivity index (χ4n) is 4.75. The third-order valence-corrected chi connectivity index (χ3v) is 6.61. The van der Waals surface area contributed by atoms with Crippen molar-refractivity contribution >= 4 is 24.1 Å². The van der Waals surface area contributed by atoms with E-state index in [2.05, 4.69) is 60.9 Å². The third-order valence-electron chi connectivity index (χ3n) is 6.61. The number of rotatable bonds is 13. The lowest BCUT2D eigenvalue weighted by atomic mass is 9.63. The Balaban J connectivity index is 2.15. The van der Waals surface area contributed by atoms with Crippen molar-refractivity contribution in [1.29, 1.82) is 0 Å². The molecule has 2 heterocycles. The number of aliphatic imine (C=N–C) groups is 1. The minimum atomic E-state index is -0.481. The number of aromatic nitrogens is 1. The molecule has 1 aromatic carbocycles. The minimum Gasteiger partial charge on any atom is -0.462 e. The molecule has 43 heavy (non-hydrogen) atoms. The van der Waals surface area contributed by atoms with E-state index in [9.17, 15) is 4.79 Å². The zero-order chi connectivity index (χ0) is 31.2. The van der Waals surface area contributed by atoms with Crippen molar-refractivity contribution in [1.82, 2.24) is 4.48 Å². The van der Waals surface area contributed by atoms with Crippen LogP contribution in [0, 0.1) is 37.3 Å². The summed E-state index contributed by atoms with van der Waals surface area (Å²) in [4.78, 5) is 17.3. The number of carbonyl (C=O) groups excluding carboxylic acids is 1. The van der Waals surface area contributed by atoms with Crippen molar-refractivity contribution in [2.24, 2.45) is 4.99 Å². The number of allylic oxidation sites excluding steroid dienone is 2. The number of esters is 1. The maximum absolute atomic E-state index is 12.4. The average Bonchev–Trinajstić information content (AvgIpc) is 3.47. The van der Waals surface area contributed by atoms with Gasteiger partial charge in [0.15, 0.2) is 0 Å². The van der Waals surface area contributed by atoms with Crippen LogP contribution in [0.1, 0.15) is 53.6 Å². The zero-order valence-corrected chi connectivity index (χ0v) is 26.3. The quantitative estimate of drug-likeness (QED) is 0.147. The lowest BCUT2D eigenvalue weighted by Gasteiger charge is -2.19. The molecule has 226 valence electrons. The number of benzene rings is 1. The third kappa shape index (κ3) is 9.31. The maximum atomic E-state index is 12.4. The molecule has 0 bridgehead atoms. The van der Waals surface area contributed by atoms with Gasteiger partial charge in [-0.1, -0.05) is 24.0 Å². The Bertz CT molecular complexity index is 1450. The lowest BCUT2D eigenvalue weighted by molar-refractivity contribution is 0.0526. The second kappa shape index (κ2) is 17.3. The maximum Gasteiger partial charge on any atom is 0.433 e. The summed E-state index contributed by atoms with van der Waals surface area (Å²) in [7, 11) is 3.27. The first-order chi connectivity index (χ1) is 20.8. The molecule has 0 N–H and O–H groups in total. The van der Waals surface area contributed by atoms with Crippen molar-refractivity contribution < 1.29 is 28.5 Å². The number of hydrogen-bond donors (Lipinski definition) is 0. The van der Waals surface area contributed by atoms with Gasteiger partial charge < -0.3 is 28.2 Å². The van der Waals surface area contributed by atoms with Gasteiger partial charge in [-0.15, -0.1) is 11.6 Å². The Labute approximate surface area is 256 Å². The molecule has 0 spiro atoms. The number of methoxy groups -OCH3 is 2. The van der Waals surface area contributed by atoms with Gasteiger partial charge in [0.1, 0.15) is 13.2 Å². The van der Waals surface area contributed by atoms with Gasteiger partial charge in [-0.05, 0) is 75.6 Å². The summed E-state index contributed by atoms with van der Waals surface area (Å²) in [6.07, 6.45) is 2.07. The van der Waals surface area contributed by atoms with Crippen molar-refractivity contribution in [3.05, 3.63) is 75.8 Å². The van der Waals surface area contributed by atoms with Crippen LogP contribution in [-0.4, -0.2) is 83.5 Å². The van der Waals surface area contributed by atoms with Gasteiger partial charge in [0.05, 0.1) is 44.3 Å². The van der Waals surface area contributed by atoms with Crippen LogP contribution < -0.4 is 0 Å². The van der Waals surface area contributed by atoms with Crippen LogP contribution in [0.15, 0.2) is 52.7 Å². The van der Waals surface area contributed by atoms with Crippen LogP contribution in [0.25, 0.3) is 5.57 Å². The molecule has 0 fully saturated rings. The lowest BCUT2D eigenvalue weighted by Crippen LogP contribution is -2.26. The summed E-state index contributed by atoms with van der Waals surface area (Å²) in [5.74, 6) is 12.6. The van der Waals surface area contributed by atoms with E-state index in [0.29, 0.717) is 38.6 Å². The number of nitrogens with zero attached hydrogens (tertiary/aromatic N) is 2. The SMILES string of the molecule is CCOC(=O)c1ccc(/C(=C2/N=C(C)C=C2C)c2c(C)cc(C)n2B(C#CCOCCOC)C#CCOCCOC)cc1. The first kappa shape index (κ1) is 33.6. The first-order valence-corrected chi connectivity index (χ1v) is 14.4. The van der Waals surface area contributed by atoms with E-state index < -0.39 is 6.85 Å². The fourth-order valence-corrected chi connectivity index (χ4v) is 4.75. The monoisotopic (exact) mass is 584 g/mol. The molecule has 9 heteroatoms. The number of ether oxygens (including phenoxy) is 5. The number of hydrogen-bond acceptors (Lipinski definition) is 7. The second-order valence-electron chi connectivity index (χ2n) is 9.92. The van der Waals surface area contributed by atoms with Crippen molar-refractivity contribution in [3.8, 4) is 23.5 Å². The molecule has 0 unspecified atom stereocenters. The normalized spacial score (nSPS) is 13.4. The van der Waals surface area contributed by atoms with Gasteiger partial charge in [0, 0.05) is 36.9 Å².